The number of halogens is 1. The Bertz CT molecular complexity index is 435. The van der Waals surface area contributed by atoms with Gasteiger partial charge in [0.1, 0.15) is 0 Å². The van der Waals surface area contributed by atoms with Crippen molar-refractivity contribution in [3.05, 3.63) is 28.8 Å². The predicted octanol–water partition coefficient (Wildman–Crippen LogP) is 1.70. The number of nitrogens with one attached hydrogen (secondary N) is 1. The quantitative estimate of drug-likeness (QED) is 0.814. The van der Waals surface area contributed by atoms with Crippen molar-refractivity contribution in [1.29, 1.82) is 0 Å². The molecule has 0 saturated carbocycles. The zero-order valence-electron chi connectivity index (χ0n) is 10.1. The molecule has 18 heavy (non-hydrogen) atoms. The molecule has 4 nitrogen and oxygen atoms in total. The van der Waals surface area contributed by atoms with Crippen molar-refractivity contribution >= 4 is 17.3 Å². The summed E-state index contributed by atoms with van der Waals surface area (Å²) in [7, 11) is 0. The van der Waals surface area contributed by atoms with E-state index in [-0.39, 0.29) is 0 Å². The standard InChI is InChI=1S/C13H17ClN2O2/c14-10-2-1-9-8-18-13(17)16(12(9)7-10)11-3-5-15-6-4-11/h1-2,7,11,13,15,17H,3-6,8H2. The highest BCUT2D eigenvalue weighted by atomic mass is 35.5. The average molecular weight is 269 g/mol. The molecule has 0 amide bonds. The van der Waals surface area contributed by atoms with Crippen LogP contribution in [0.25, 0.3) is 0 Å². The van der Waals surface area contributed by atoms with Crippen LogP contribution in [0, 0.1) is 0 Å². The molecular formula is C13H17ClN2O2. The molecule has 0 bridgehead atoms. The van der Waals surface area contributed by atoms with Crippen molar-refractivity contribution in [3.63, 3.8) is 0 Å². The number of ether oxygens (including phenoxy) is 1. The number of benzene rings is 1. The molecule has 3 rings (SSSR count). The molecule has 5 heteroatoms. The van der Waals surface area contributed by atoms with Gasteiger partial charge >= 0.3 is 0 Å². The van der Waals surface area contributed by atoms with Gasteiger partial charge in [0, 0.05) is 22.3 Å². The van der Waals surface area contributed by atoms with Crippen LogP contribution in [0.15, 0.2) is 18.2 Å². The van der Waals surface area contributed by atoms with Crippen LogP contribution in [0.3, 0.4) is 0 Å². The summed E-state index contributed by atoms with van der Waals surface area (Å²) in [4.78, 5) is 1.96. The Morgan fingerprint density at radius 1 is 1.33 bits per heavy atom. The van der Waals surface area contributed by atoms with E-state index < -0.39 is 6.41 Å². The van der Waals surface area contributed by atoms with Gasteiger partial charge < -0.3 is 20.1 Å². The molecular weight excluding hydrogens is 252 g/mol. The summed E-state index contributed by atoms with van der Waals surface area (Å²) >= 11 is 6.07. The Balaban J connectivity index is 1.95. The molecule has 1 aromatic rings. The maximum atomic E-state index is 10.1. The van der Waals surface area contributed by atoms with Crippen LogP contribution >= 0.6 is 11.6 Å². The summed E-state index contributed by atoms with van der Waals surface area (Å²) in [5, 5.41) is 14.1. The Morgan fingerprint density at radius 3 is 2.89 bits per heavy atom. The number of hydrogen-bond donors (Lipinski definition) is 2. The lowest BCUT2D eigenvalue weighted by Crippen LogP contribution is -2.51. The highest BCUT2D eigenvalue weighted by molar-refractivity contribution is 6.30. The van der Waals surface area contributed by atoms with Gasteiger partial charge in [0.2, 0.25) is 6.41 Å². The molecule has 0 radical (unpaired) electrons. The minimum atomic E-state index is -0.862. The molecule has 2 aliphatic heterocycles. The molecule has 1 atom stereocenters. The van der Waals surface area contributed by atoms with E-state index in [1.54, 1.807) is 0 Å². The first-order chi connectivity index (χ1) is 8.75. The van der Waals surface area contributed by atoms with E-state index in [1.807, 2.05) is 23.1 Å². The van der Waals surface area contributed by atoms with Gasteiger partial charge in [-0.1, -0.05) is 17.7 Å². The minimum absolute atomic E-state index is 0.304. The first-order valence-electron chi connectivity index (χ1n) is 6.33. The van der Waals surface area contributed by atoms with Crippen molar-refractivity contribution in [2.45, 2.75) is 31.9 Å². The zero-order valence-corrected chi connectivity index (χ0v) is 10.9. The molecule has 1 aromatic carbocycles. The lowest BCUT2D eigenvalue weighted by atomic mass is 10.0. The monoisotopic (exact) mass is 268 g/mol. The molecule has 2 N–H and O–H groups in total. The van der Waals surface area contributed by atoms with Crippen LogP contribution in [0.1, 0.15) is 18.4 Å². The second-order valence-corrected chi connectivity index (χ2v) is 5.24. The lowest BCUT2D eigenvalue weighted by Gasteiger charge is -2.42. The molecule has 1 unspecified atom stereocenters. The summed E-state index contributed by atoms with van der Waals surface area (Å²) in [5.74, 6) is 0. The van der Waals surface area contributed by atoms with E-state index in [0.29, 0.717) is 17.7 Å². The van der Waals surface area contributed by atoms with Crippen molar-refractivity contribution in [3.8, 4) is 0 Å². The topological polar surface area (TPSA) is 44.7 Å². The van der Waals surface area contributed by atoms with Gasteiger partial charge in [-0.05, 0) is 38.1 Å². The lowest BCUT2D eigenvalue weighted by molar-refractivity contribution is -0.120. The number of aliphatic hydroxyl groups excluding tert-OH is 1. The largest absolute Gasteiger partial charge is 0.351 e. The number of anilines is 1. The summed E-state index contributed by atoms with van der Waals surface area (Å²) in [5.41, 5.74) is 2.09. The van der Waals surface area contributed by atoms with E-state index in [9.17, 15) is 5.11 Å². The van der Waals surface area contributed by atoms with Gasteiger partial charge in [0.25, 0.3) is 0 Å². The zero-order chi connectivity index (χ0) is 12.5. The fraction of sp³-hybridized carbons (Fsp3) is 0.538. The molecule has 2 aliphatic rings. The second-order valence-electron chi connectivity index (χ2n) is 4.80. The van der Waals surface area contributed by atoms with E-state index in [1.165, 1.54) is 0 Å². The summed E-state index contributed by atoms with van der Waals surface area (Å²) < 4.78 is 5.43. The highest BCUT2D eigenvalue weighted by Crippen LogP contribution is 2.34. The van der Waals surface area contributed by atoms with Gasteiger partial charge in [-0.15, -0.1) is 0 Å². The van der Waals surface area contributed by atoms with Crippen LogP contribution in [0.5, 0.6) is 0 Å². The molecule has 98 valence electrons. The third kappa shape index (κ3) is 2.21. The van der Waals surface area contributed by atoms with Crippen molar-refractivity contribution in [2.75, 3.05) is 18.0 Å². The van der Waals surface area contributed by atoms with Crippen molar-refractivity contribution in [1.82, 2.24) is 5.32 Å². The van der Waals surface area contributed by atoms with Gasteiger partial charge in [0.15, 0.2) is 0 Å². The van der Waals surface area contributed by atoms with Crippen LogP contribution in [-0.2, 0) is 11.3 Å². The molecule has 2 heterocycles. The van der Waals surface area contributed by atoms with Gasteiger partial charge in [-0.2, -0.15) is 0 Å². The smallest absolute Gasteiger partial charge is 0.238 e. The first kappa shape index (κ1) is 12.2. The third-order valence-corrected chi connectivity index (χ3v) is 3.89. The van der Waals surface area contributed by atoms with E-state index >= 15 is 0 Å². The van der Waals surface area contributed by atoms with E-state index in [4.69, 9.17) is 16.3 Å². The van der Waals surface area contributed by atoms with Gasteiger partial charge in [0.05, 0.1) is 6.61 Å². The van der Waals surface area contributed by atoms with Gasteiger partial charge in [-0.25, -0.2) is 0 Å². The van der Waals surface area contributed by atoms with Crippen molar-refractivity contribution in [2.24, 2.45) is 0 Å². The Kier molecular flexibility index (Phi) is 3.43. The number of rotatable bonds is 1. The fourth-order valence-electron chi connectivity index (χ4n) is 2.72. The first-order valence-corrected chi connectivity index (χ1v) is 6.70. The summed E-state index contributed by atoms with van der Waals surface area (Å²) in [6.45, 7) is 2.39. The van der Waals surface area contributed by atoms with Crippen LogP contribution in [0.4, 0.5) is 5.69 Å². The predicted molar refractivity (Wildman–Crippen MR) is 70.6 cm³/mol. The summed E-state index contributed by atoms with van der Waals surface area (Å²) in [6, 6.07) is 6.06. The minimum Gasteiger partial charge on any atom is -0.351 e. The van der Waals surface area contributed by atoms with Gasteiger partial charge in [-0.3, -0.25) is 0 Å². The number of nitrogens with zero attached hydrogens (tertiary/aromatic N) is 1. The fourth-order valence-corrected chi connectivity index (χ4v) is 2.89. The van der Waals surface area contributed by atoms with E-state index in [0.717, 1.165) is 37.2 Å². The maximum Gasteiger partial charge on any atom is 0.238 e. The van der Waals surface area contributed by atoms with E-state index in [2.05, 4.69) is 5.32 Å². The Morgan fingerprint density at radius 2 is 2.11 bits per heavy atom. The second kappa shape index (κ2) is 5.05. The Hall–Kier alpha value is -0.810. The number of fused-ring (bicyclic) bond motifs is 1. The maximum absolute atomic E-state index is 10.1. The SMILES string of the molecule is OC1OCc2ccc(Cl)cc2N1C1CCNCC1. The Labute approximate surface area is 111 Å². The van der Waals surface area contributed by atoms with Crippen molar-refractivity contribution < 1.29 is 9.84 Å². The number of piperidine rings is 1. The molecule has 0 aliphatic carbocycles. The average Bonchev–Trinajstić information content (AvgIpc) is 2.39. The normalized spacial score (nSPS) is 25.0. The molecule has 1 saturated heterocycles. The highest BCUT2D eigenvalue weighted by Gasteiger charge is 2.32. The summed E-state index contributed by atoms with van der Waals surface area (Å²) in [6.07, 6.45) is 1.15. The van der Waals surface area contributed by atoms with Crippen LogP contribution in [0.2, 0.25) is 5.02 Å². The molecule has 1 fully saturated rings. The third-order valence-electron chi connectivity index (χ3n) is 3.65. The van der Waals surface area contributed by atoms with Crippen LogP contribution in [-0.4, -0.2) is 30.7 Å². The van der Waals surface area contributed by atoms with Crippen LogP contribution < -0.4 is 10.2 Å². The number of aliphatic hydroxyl groups is 1. The molecule has 0 spiro atoms. The number of hydrogen-bond acceptors (Lipinski definition) is 4. The molecule has 0 aromatic heterocycles.